The lowest BCUT2D eigenvalue weighted by molar-refractivity contribution is -0.143. The molecule has 25 heavy (non-hydrogen) atoms. The van der Waals surface area contributed by atoms with Crippen LogP contribution in [0.4, 0.5) is 0 Å². The number of benzene rings is 2. The van der Waals surface area contributed by atoms with Gasteiger partial charge in [0.05, 0.1) is 6.61 Å². The molecule has 0 saturated carbocycles. The third-order valence-electron chi connectivity index (χ3n) is 4.80. The molecule has 0 atom stereocenters. The minimum Gasteiger partial charge on any atom is -0.508 e. The standard InChI is InChI=1S/C21H26O4/c1-5-25-20(24)10-11-21(4,16-6-8-18(22)14(2)12-16)17-7-9-19(23)15(3)13-17/h6-9,12-13,22-23H,5,10-11H2,1-4H3. The maximum Gasteiger partial charge on any atom is 0.305 e. The van der Waals surface area contributed by atoms with Crippen molar-refractivity contribution in [2.45, 2.75) is 46.0 Å². The van der Waals surface area contributed by atoms with Crippen molar-refractivity contribution in [3.8, 4) is 11.5 Å². The van der Waals surface area contributed by atoms with E-state index in [-0.39, 0.29) is 17.5 Å². The first-order valence-corrected chi connectivity index (χ1v) is 8.53. The third-order valence-corrected chi connectivity index (χ3v) is 4.80. The van der Waals surface area contributed by atoms with E-state index in [4.69, 9.17) is 4.74 Å². The number of ether oxygens (including phenoxy) is 1. The summed E-state index contributed by atoms with van der Waals surface area (Å²) in [5, 5.41) is 19.7. The van der Waals surface area contributed by atoms with E-state index >= 15 is 0 Å². The monoisotopic (exact) mass is 342 g/mol. The lowest BCUT2D eigenvalue weighted by Crippen LogP contribution is -2.25. The molecule has 0 unspecified atom stereocenters. The Morgan fingerprint density at radius 3 is 1.88 bits per heavy atom. The number of phenolic OH excluding ortho intramolecular Hbond substituents is 2. The maximum atomic E-state index is 11.9. The average Bonchev–Trinajstić information content (AvgIpc) is 2.58. The summed E-state index contributed by atoms with van der Waals surface area (Å²) in [4.78, 5) is 11.9. The van der Waals surface area contributed by atoms with Crippen LogP contribution in [-0.4, -0.2) is 22.8 Å². The van der Waals surface area contributed by atoms with Gasteiger partial charge in [-0.25, -0.2) is 0 Å². The second-order valence-electron chi connectivity index (χ2n) is 6.64. The summed E-state index contributed by atoms with van der Waals surface area (Å²) < 4.78 is 5.08. The van der Waals surface area contributed by atoms with Crippen LogP contribution >= 0.6 is 0 Å². The Morgan fingerprint density at radius 1 is 1.00 bits per heavy atom. The summed E-state index contributed by atoms with van der Waals surface area (Å²) in [5.74, 6) is 0.275. The second kappa shape index (κ2) is 7.60. The maximum absolute atomic E-state index is 11.9. The Balaban J connectivity index is 2.47. The van der Waals surface area contributed by atoms with Crippen LogP contribution in [0.5, 0.6) is 11.5 Å². The first-order chi connectivity index (χ1) is 11.8. The van der Waals surface area contributed by atoms with Crippen LogP contribution in [0.3, 0.4) is 0 Å². The molecule has 0 spiro atoms. The van der Waals surface area contributed by atoms with Gasteiger partial charge in [-0.1, -0.05) is 31.2 Å². The van der Waals surface area contributed by atoms with Gasteiger partial charge in [-0.2, -0.15) is 0 Å². The molecule has 0 aliphatic carbocycles. The Labute approximate surface area is 149 Å². The molecule has 4 nitrogen and oxygen atoms in total. The predicted molar refractivity (Wildman–Crippen MR) is 98.0 cm³/mol. The number of hydrogen-bond acceptors (Lipinski definition) is 4. The molecule has 2 aromatic rings. The van der Waals surface area contributed by atoms with Gasteiger partial charge in [0.25, 0.3) is 0 Å². The Hall–Kier alpha value is -2.49. The van der Waals surface area contributed by atoms with Crippen LogP contribution in [0.15, 0.2) is 36.4 Å². The van der Waals surface area contributed by atoms with Gasteiger partial charge in [-0.3, -0.25) is 4.79 Å². The number of carbonyl (C=O) groups is 1. The van der Waals surface area contributed by atoms with E-state index in [0.29, 0.717) is 19.4 Å². The number of esters is 1. The van der Waals surface area contributed by atoms with Crippen molar-refractivity contribution in [2.24, 2.45) is 0 Å². The molecule has 0 aliphatic rings. The van der Waals surface area contributed by atoms with Crippen LogP contribution in [0, 0.1) is 13.8 Å². The molecule has 2 rings (SSSR count). The summed E-state index contributed by atoms with van der Waals surface area (Å²) in [6.07, 6.45) is 0.866. The van der Waals surface area contributed by atoms with Crippen molar-refractivity contribution in [3.05, 3.63) is 58.7 Å². The quantitative estimate of drug-likeness (QED) is 0.765. The first-order valence-electron chi connectivity index (χ1n) is 8.53. The molecule has 0 aliphatic heterocycles. The normalized spacial score (nSPS) is 11.4. The van der Waals surface area contributed by atoms with E-state index in [1.165, 1.54) is 0 Å². The van der Waals surface area contributed by atoms with Gasteiger partial charge < -0.3 is 14.9 Å². The fourth-order valence-corrected chi connectivity index (χ4v) is 3.04. The summed E-state index contributed by atoms with van der Waals surface area (Å²) >= 11 is 0. The zero-order valence-corrected chi connectivity index (χ0v) is 15.3. The van der Waals surface area contributed by atoms with Crippen molar-refractivity contribution >= 4 is 5.97 Å². The van der Waals surface area contributed by atoms with Crippen LogP contribution in [-0.2, 0) is 14.9 Å². The average molecular weight is 342 g/mol. The Bertz CT molecular complexity index is 713. The van der Waals surface area contributed by atoms with Gasteiger partial charge in [-0.15, -0.1) is 0 Å². The molecular formula is C21H26O4. The van der Waals surface area contributed by atoms with Crippen molar-refractivity contribution in [1.29, 1.82) is 0 Å². The molecule has 0 radical (unpaired) electrons. The molecule has 0 heterocycles. The molecule has 2 aromatic carbocycles. The molecule has 0 saturated heterocycles. The largest absolute Gasteiger partial charge is 0.508 e. The van der Waals surface area contributed by atoms with E-state index in [0.717, 1.165) is 22.3 Å². The van der Waals surface area contributed by atoms with E-state index < -0.39 is 5.41 Å². The molecule has 2 N–H and O–H groups in total. The highest BCUT2D eigenvalue weighted by atomic mass is 16.5. The number of phenols is 2. The van der Waals surface area contributed by atoms with Gasteiger partial charge >= 0.3 is 5.97 Å². The smallest absolute Gasteiger partial charge is 0.305 e. The highest BCUT2D eigenvalue weighted by Crippen LogP contribution is 2.39. The van der Waals surface area contributed by atoms with E-state index in [2.05, 4.69) is 6.92 Å². The van der Waals surface area contributed by atoms with Crippen LogP contribution in [0.25, 0.3) is 0 Å². The summed E-state index contributed by atoms with van der Waals surface area (Å²) in [6.45, 7) is 7.94. The summed E-state index contributed by atoms with van der Waals surface area (Å²) in [5.41, 5.74) is 3.16. The predicted octanol–water partition coefficient (Wildman–Crippen LogP) is 4.36. The topological polar surface area (TPSA) is 66.8 Å². The third kappa shape index (κ3) is 4.13. The van der Waals surface area contributed by atoms with Gasteiger partial charge in [0, 0.05) is 11.8 Å². The Morgan fingerprint density at radius 2 is 1.48 bits per heavy atom. The SMILES string of the molecule is CCOC(=O)CCC(C)(c1ccc(O)c(C)c1)c1ccc(O)c(C)c1. The molecular weight excluding hydrogens is 316 g/mol. The van der Waals surface area contributed by atoms with Crippen LogP contribution in [0.1, 0.15) is 48.9 Å². The van der Waals surface area contributed by atoms with Crippen molar-refractivity contribution in [3.63, 3.8) is 0 Å². The zero-order chi connectivity index (χ0) is 18.6. The minimum absolute atomic E-state index is 0.222. The highest BCUT2D eigenvalue weighted by Gasteiger charge is 2.30. The zero-order valence-electron chi connectivity index (χ0n) is 15.3. The number of aromatic hydroxyl groups is 2. The molecule has 4 heteroatoms. The summed E-state index contributed by atoms with van der Waals surface area (Å²) in [7, 11) is 0. The Kier molecular flexibility index (Phi) is 5.73. The highest BCUT2D eigenvalue weighted by molar-refractivity contribution is 5.69. The molecule has 0 aromatic heterocycles. The van der Waals surface area contributed by atoms with Gasteiger partial charge in [0.15, 0.2) is 0 Å². The molecule has 134 valence electrons. The van der Waals surface area contributed by atoms with Crippen molar-refractivity contribution in [2.75, 3.05) is 6.61 Å². The number of rotatable bonds is 6. The number of hydrogen-bond donors (Lipinski definition) is 2. The van der Waals surface area contributed by atoms with Crippen LogP contribution in [0.2, 0.25) is 0 Å². The van der Waals surface area contributed by atoms with E-state index in [1.54, 1.807) is 19.1 Å². The number of carbonyl (C=O) groups excluding carboxylic acids is 1. The fourth-order valence-electron chi connectivity index (χ4n) is 3.04. The molecule has 0 fully saturated rings. The van der Waals surface area contributed by atoms with Crippen molar-refractivity contribution < 1.29 is 19.7 Å². The van der Waals surface area contributed by atoms with Crippen molar-refractivity contribution in [1.82, 2.24) is 0 Å². The van der Waals surface area contributed by atoms with E-state index in [9.17, 15) is 15.0 Å². The minimum atomic E-state index is -0.441. The molecule has 0 bridgehead atoms. The summed E-state index contributed by atoms with van der Waals surface area (Å²) in [6, 6.07) is 11.0. The van der Waals surface area contributed by atoms with Gasteiger partial charge in [-0.05, 0) is 61.6 Å². The van der Waals surface area contributed by atoms with Gasteiger partial charge in [0.1, 0.15) is 11.5 Å². The number of aryl methyl sites for hydroxylation is 2. The second-order valence-corrected chi connectivity index (χ2v) is 6.64. The van der Waals surface area contributed by atoms with E-state index in [1.807, 2.05) is 38.1 Å². The lowest BCUT2D eigenvalue weighted by Gasteiger charge is -2.32. The molecule has 0 amide bonds. The first kappa shape index (κ1) is 18.8. The van der Waals surface area contributed by atoms with Gasteiger partial charge in [0.2, 0.25) is 0 Å². The fraction of sp³-hybridized carbons (Fsp3) is 0.381. The van der Waals surface area contributed by atoms with Crippen LogP contribution < -0.4 is 0 Å². The lowest BCUT2D eigenvalue weighted by atomic mass is 9.72.